The SMILES string of the molecule is CCOC(=O)C1=C(CN2CCc3ccccc32)NC(=O)N[C@@H]1c1ccc(F)cc1. The van der Waals surface area contributed by atoms with Gasteiger partial charge < -0.3 is 20.3 Å². The van der Waals surface area contributed by atoms with Crippen molar-refractivity contribution in [1.82, 2.24) is 10.6 Å². The van der Waals surface area contributed by atoms with Crippen molar-refractivity contribution in [2.75, 3.05) is 24.6 Å². The van der Waals surface area contributed by atoms with Gasteiger partial charge in [-0.2, -0.15) is 0 Å². The number of benzene rings is 2. The molecule has 29 heavy (non-hydrogen) atoms. The topological polar surface area (TPSA) is 70.7 Å². The van der Waals surface area contributed by atoms with Crippen LogP contribution in [0.5, 0.6) is 0 Å². The molecule has 0 fully saturated rings. The van der Waals surface area contributed by atoms with E-state index in [0.29, 0.717) is 23.4 Å². The molecule has 4 rings (SSSR count). The van der Waals surface area contributed by atoms with Crippen molar-refractivity contribution in [2.24, 2.45) is 0 Å². The van der Waals surface area contributed by atoms with Gasteiger partial charge in [-0.1, -0.05) is 30.3 Å². The number of nitrogens with zero attached hydrogens (tertiary/aromatic N) is 1. The first-order chi connectivity index (χ1) is 14.1. The van der Waals surface area contributed by atoms with Crippen LogP contribution in [0.4, 0.5) is 14.9 Å². The second-order valence-corrected chi connectivity index (χ2v) is 7.00. The van der Waals surface area contributed by atoms with Gasteiger partial charge in [0, 0.05) is 12.2 Å². The minimum absolute atomic E-state index is 0.215. The maximum absolute atomic E-state index is 13.4. The fourth-order valence-corrected chi connectivity index (χ4v) is 3.86. The summed E-state index contributed by atoms with van der Waals surface area (Å²) in [5.74, 6) is -0.888. The first-order valence-corrected chi connectivity index (χ1v) is 9.63. The van der Waals surface area contributed by atoms with E-state index in [1.807, 2.05) is 18.2 Å². The van der Waals surface area contributed by atoms with Crippen molar-refractivity contribution in [3.8, 4) is 0 Å². The van der Waals surface area contributed by atoms with Crippen LogP contribution in [0.3, 0.4) is 0 Å². The van der Waals surface area contributed by atoms with Crippen LogP contribution >= 0.6 is 0 Å². The third-order valence-electron chi connectivity index (χ3n) is 5.18. The number of para-hydroxylation sites is 1. The molecule has 0 saturated carbocycles. The lowest BCUT2D eigenvalue weighted by Crippen LogP contribution is -2.48. The molecule has 2 heterocycles. The van der Waals surface area contributed by atoms with Crippen molar-refractivity contribution < 1.29 is 18.7 Å². The molecule has 0 bridgehead atoms. The zero-order chi connectivity index (χ0) is 20.4. The normalized spacial score (nSPS) is 18.2. The van der Waals surface area contributed by atoms with Crippen molar-refractivity contribution in [2.45, 2.75) is 19.4 Å². The molecule has 150 valence electrons. The molecule has 2 aliphatic rings. The average molecular weight is 395 g/mol. The zero-order valence-corrected chi connectivity index (χ0v) is 16.1. The van der Waals surface area contributed by atoms with Gasteiger partial charge in [-0.15, -0.1) is 0 Å². The number of carbonyl (C=O) groups is 2. The van der Waals surface area contributed by atoms with Gasteiger partial charge in [-0.3, -0.25) is 0 Å². The minimum Gasteiger partial charge on any atom is -0.463 e. The number of hydrogen-bond acceptors (Lipinski definition) is 4. The Kier molecular flexibility index (Phi) is 5.20. The smallest absolute Gasteiger partial charge is 0.338 e. The average Bonchev–Trinajstić information content (AvgIpc) is 3.11. The third kappa shape index (κ3) is 3.81. The first-order valence-electron chi connectivity index (χ1n) is 9.63. The summed E-state index contributed by atoms with van der Waals surface area (Å²) in [6.07, 6.45) is 0.909. The number of fused-ring (bicyclic) bond motifs is 1. The van der Waals surface area contributed by atoms with Gasteiger partial charge in [0.15, 0.2) is 0 Å². The molecule has 2 aromatic carbocycles. The Balaban J connectivity index is 1.73. The van der Waals surface area contributed by atoms with E-state index in [4.69, 9.17) is 4.74 Å². The van der Waals surface area contributed by atoms with Crippen LogP contribution in [0.15, 0.2) is 59.8 Å². The summed E-state index contributed by atoms with van der Waals surface area (Å²) in [5, 5.41) is 5.55. The van der Waals surface area contributed by atoms with Crippen LogP contribution in [-0.2, 0) is 16.0 Å². The molecule has 6 nitrogen and oxygen atoms in total. The molecule has 0 spiro atoms. The Bertz CT molecular complexity index is 972. The molecule has 0 radical (unpaired) electrons. The molecule has 2 aromatic rings. The molecule has 0 aliphatic carbocycles. The molecule has 2 N–H and O–H groups in total. The number of amides is 2. The Morgan fingerprint density at radius 1 is 1.21 bits per heavy atom. The summed E-state index contributed by atoms with van der Waals surface area (Å²) in [7, 11) is 0. The number of halogens is 1. The Labute approximate surface area is 168 Å². The molecule has 0 aromatic heterocycles. The van der Waals surface area contributed by atoms with Gasteiger partial charge >= 0.3 is 12.0 Å². The van der Waals surface area contributed by atoms with Crippen LogP contribution in [0.2, 0.25) is 0 Å². The standard InChI is InChI=1S/C22H22FN3O3/c1-2-29-21(27)19-17(13-26-12-11-14-5-3-4-6-18(14)26)24-22(28)25-20(19)15-7-9-16(23)10-8-15/h3-10,20H,2,11-13H2,1H3,(H2,24,25,28)/t20-/m1/s1. The molecule has 7 heteroatoms. The highest BCUT2D eigenvalue weighted by molar-refractivity contribution is 5.95. The molecule has 1 atom stereocenters. The van der Waals surface area contributed by atoms with Crippen molar-refractivity contribution in [3.63, 3.8) is 0 Å². The monoisotopic (exact) mass is 395 g/mol. The zero-order valence-electron chi connectivity index (χ0n) is 16.1. The lowest BCUT2D eigenvalue weighted by Gasteiger charge is -2.31. The third-order valence-corrected chi connectivity index (χ3v) is 5.18. The second kappa shape index (κ2) is 7.95. The molecule has 2 aliphatic heterocycles. The van der Waals surface area contributed by atoms with Gasteiger partial charge in [0.2, 0.25) is 0 Å². The van der Waals surface area contributed by atoms with E-state index in [-0.39, 0.29) is 12.4 Å². The first kappa shape index (κ1) is 19.0. The number of rotatable bonds is 5. The second-order valence-electron chi connectivity index (χ2n) is 7.00. The number of ether oxygens (including phenoxy) is 1. The van der Waals surface area contributed by atoms with Crippen molar-refractivity contribution >= 4 is 17.7 Å². The predicted molar refractivity (Wildman–Crippen MR) is 107 cm³/mol. The van der Waals surface area contributed by atoms with Gasteiger partial charge in [0.25, 0.3) is 0 Å². The number of hydrogen-bond donors (Lipinski definition) is 2. The summed E-state index contributed by atoms with van der Waals surface area (Å²) < 4.78 is 18.7. The van der Waals surface area contributed by atoms with E-state index >= 15 is 0 Å². The van der Waals surface area contributed by atoms with Gasteiger partial charge in [-0.05, 0) is 42.7 Å². The highest BCUT2D eigenvalue weighted by atomic mass is 19.1. The number of urea groups is 1. The maximum atomic E-state index is 13.4. The van der Waals surface area contributed by atoms with E-state index in [1.165, 1.54) is 17.7 Å². The minimum atomic E-state index is -0.712. The van der Waals surface area contributed by atoms with Crippen LogP contribution in [-0.4, -0.2) is 31.7 Å². The predicted octanol–water partition coefficient (Wildman–Crippen LogP) is 3.06. The fourth-order valence-electron chi connectivity index (χ4n) is 3.86. The van der Waals surface area contributed by atoms with Crippen molar-refractivity contribution in [3.05, 3.63) is 76.7 Å². The van der Waals surface area contributed by atoms with E-state index in [0.717, 1.165) is 18.7 Å². The van der Waals surface area contributed by atoms with Crippen molar-refractivity contribution in [1.29, 1.82) is 0 Å². The van der Waals surface area contributed by atoms with E-state index < -0.39 is 18.0 Å². The van der Waals surface area contributed by atoms with Crippen LogP contribution < -0.4 is 15.5 Å². The number of nitrogens with one attached hydrogen (secondary N) is 2. The summed E-state index contributed by atoms with van der Waals surface area (Å²) in [6.45, 7) is 3.11. The summed E-state index contributed by atoms with van der Waals surface area (Å²) in [4.78, 5) is 27.3. The molecular formula is C22H22FN3O3. The van der Waals surface area contributed by atoms with Crippen LogP contribution in [0.1, 0.15) is 24.1 Å². The van der Waals surface area contributed by atoms with Gasteiger partial charge in [0.05, 0.1) is 30.5 Å². The van der Waals surface area contributed by atoms with E-state index in [9.17, 15) is 14.0 Å². The highest BCUT2D eigenvalue weighted by Gasteiger charge is 2.35. The van der Waals surface area contributed by atoms with Gasteiger partial charge in [-0.25, -0.2) is 14.0 Å². The van der Waals surface area contributed by atoms with E-state index in [2.05, 4.69) is 21.6 Å². The van der Waals surface area contributed by atoms with Crippen LogP contribution in [0.25, 0.3) is 0 Å². The summed E-state index contributed by atoms with van der Waals surface area (Å²) in [6, 6.07) is 12.7. The molecule has 0 unspecified atom stereocenters. The van der Waals surface area contributed by atoms with Crippen LogP contribution in [0, 0.1) is 5.82 Å². The Morgan fingerprint density at radius 2 is 1.97 bits per heavy atom. The lowest BCUT2D eigenvalue weighted by atomic mass is 9.95. The summed E-state index contributed by atoms with van der Waals surface area (Å²) >= 11 is 0. The largest absolute Gasteiger partial charge is 0.463 e. The van der Waals surface area contributed by atoms with Gasteiger partial charge in [0.1, 0.15) is 5.82 Å². The molecule has 0 saturated heterocycles. The molecular weight excluding hydrogens is 373 g/mol. The lowest BCUT2D eigenvalue weighted by molar-refractivity contribution is -0.139. The van der Waals surface area contributed by atoms with E-state index in [1.54, 1.807) is 19.1 Å². The molecule has 2 amide bonds. The number of esters is 1. The highest BCUT2D eigenvalue weighted by Crippen LogP contribution is 2.32. The fraction of sp³-hybridized carbons (Fsp3) is 0.273. The Morgan fingerprint density at radius 3 is 2.72 bits per heavy atom. The Hall–Kier alpha value is -3.35. The summed E-state index contributed by atoms with van der Waals surface area (Å²) in [5.41, 5.74) is 3.78. The number of carbonyl (C=O) groups excluding carboxylic acids is 2. The number of anilines is 1. The maximum Gasteiger partial charge on any atom is 0.338 e. The quantitative estimate of drug-likeness (QED) is 0.764.